The molecular formula is C6H11Cl2CoS3. The Balaban J connectivity index is 0.000000354. The van der Waals surface area contributed by atoms with Crippen LogP contribution in [0.2, 0.25) is 0 Å². The molecule has 0 bridgehead atoms. The van der Waals surface area contributed by atoms with Crippen molar-refractivity contribution in [1.82, 2.24) is 0 Å². The summed E-state index contributed by atoms with van der Waals surface area (Å²) in [4.78, 5) is 0. The molecule has 0 nitrogen and oxygen atoms in total. The SMILES string of the molecule is [CH-]1CSCCSCCS1.[Cl][Co+][Cl]. The summed E-state index contributed by atoms with van der Waals surface area (Å²) < 4.78 is 0. The second-order valence-electron chi connectivity index (χ2n) is 1.77. The molecule has 0 aromatic heterocycles. The summed E-state index contributed by atoms with van der Waals surface area (Å²) >= 11 is 6.48. The Labute approximate surface area is 102 Å². The van der Waals surface area contributed by atoms with Crippen LogP contribution in [0.25, 0.3) is 0 Å². The van der Waals surface area contributed by atoms with Gasteiger partial charge in [0.15, 0.2) is 0 Å². The zero-order valence-corrected chi connectivity index (χ0v) is 11.4. The van der Waals surface area contributed by atoms with Gasteiger partial charge < -0.3 is 11.8 Å². The van der Waals surface area contributed by atoms with Gasteiger partial charge in [0.25, 0.3) is 0 Å². The molecule has 1 heterocycles. The molecule has 0 radical (unpaired) electrons. The molecule has 0 aromatic rings. The third-order valence-corrected chi connectivity index (χ3v) is 4.47. The summed E-state index contributed by atoms with van der Waals surface area (Å²) in [6, 6.07) is 0. The van der Waals surface area contributed by atoms with Crippen molar-refractivity contribution in [2.45, 2.75) is 0 Å². The summed E-state index contributed by atoms with van der Waals surface area (Å²) in [6.45, 7) is 0. The van der Waals surface area contributed by atoms with E-state index in [2.05, 4.69) is 17.5 Å². The Morgan fingerprint density at radius 1 is 1.00 bits per heavy atom. The molecule has 1 aliphatic rings. The molecule has 0 aliphatic carbocycles. The second kappa shape index (κ2) is 13.1. The van der Waals surface area contributed by atoms with E-state index in [-0.39, 0.29) is 0 Å². The van der Waals surface area contributed by atoms with Crippen LogP contribution in [0.4, 0.5) is 0 Å². The average Bonchev–Trinajstić information content (AvgIpc) is 2.19. The van der Waals surface area contributed by atoms with Crippen LogP contribution in [0.15, 0.2) is 0 Å². The van der Waals surface area contributed by atoms with Crippen molar-refractivity contribution in [1.29, 1.82) is 0 Å². The third kappa shape index (κ3) is 12.1. The van der Waals surface area contributed by atoms with Gasteiger partial charge in [-0.3, -0.25) is 5.75 Å². The van der Waals surface area contributed by atoms with Gasteiger partial charge in [-0.25, -0.2) is 0 Å². The Kier molecular flexibility index (Phi) is 15.5. The Morgan fingerprint density at radius 2 is 1.58 bits per heavy atom. The van der Waals surface area contributed by atoms with Crippen molar-refractivity contribution >= 4 is 55.6 Å². The summed E-state index contributed by atoms with van der Waals surface area (Å²) in [5.74, 6) is 8.90. The van der Waals surface area contributed by atoms with Crippen LogP contribution < -0.4 is 0 Å². The van der Waals surface area contributed by atoms with Crippen LogP contribution in [0.3, 0.4) is 0 Å². The fourth-order valence-electron chi connectivity index (χ4n) is 0.590. The molecule has 0 N–H and O–H groups in total. The predicted molar refractivity (Wildman–Crippen MR) is 63.1 cm³/mol. The van der Waals surface area contributed by atoms with Crippen LogP contribution in [0, 0.1) is 5.75 Å². The molecular weight excluding hydrogens is 298 g/mol. The molecule has 0 saturated carbocycles. The van der Waals surface area contributed by atoms with Gasteiger partial charge in [0, 0.05) is 5.75 Å². The normalized spacial score (nSPS) is 19.8. The molecule has 76 valence electrons. The molecule has 1 saturated heterocycles. The predicted octanol–water partition coefficient (Wildman–Crippen LogP) is 3.74. The van der Waals surface area contributed by atoms with E-state index in [1.54, 1.807) is 0 Å². The molecule has 0 spiro atoms. The molecule has 1 rings (SSSR count). The zero-order valence-electron chi connectivity index (χ0n) is 6.43. The van der Waals surface area contributed by atoms with E-state index in [0.717, 1.165) is 0 Å². The number of hydrogen-bond acceptors (Lipinski definition) is 3. The fraction of sp³-hybridized carbons (Fsp3) is 0.833. The van der Waals surface area contributed by atoms with Gasteiger partial charge in [0.05, 0.1) is 0 Å². The fourth-order valence-corrected chi connectivity index (χ4v) is 3.70. The van der Waals surface area contributed by atoms with E-state index in [9.17, 15) is 0 Å². The van der Waals surface area contributed by atoms with Crippen molar-refractivity contribution in [3.63, 3.8) is 0 Å². The molecule has 0 unspecified atom stereocenters. The molecule has 12 heavy (non-hydrogen) atoms. The van der Waals surface area contributed by atoms with Gasteiger partial charge in [0.1, 0.15) is 0 Å². The van der Waals surface area contributed by atoms with E-state index in [0.29, 0.717) is 12.9 Å². The number of rotatable bonds is 0. The van der Waals surface area contributed by atoms with Gasteiger partial charge in [0.2, 0.25) is 0 Å². The van der Waals surface area contributed by atoms with Crippen molar-refractivity contribution < 1.29 is 12.9 Å². The second-order valence-corrected chi connectivity index (χ2v) is 6.94. The van der Waals surface area contributed by atoms with Crippen LogP contribution in [-0.2, 0) is 12.9 Å². The standard InChI is InChI=1S/C6H11S3.2ClH.Co/c1-2-8-5-6-9-4-3-7-1;;;/h1H,2-6H2;2*1H;/q-1;;;+3/p-2. The van der Waals surface area contributed by atoms with Gasteiger partial charge in [-0.2, -0.15) is 23.5 Å². The average molecular weight is 309 g/mol. The molecule has 0 aromatic carbocycles. The minimum atomic E-state index is 0.382. The van der Waals surface area contributed by atoms with Crippen LogP contribution in [0.5, 0.6) is 0 Å². The van der Waals surface area contributed by atoms with Gasteiger partial charge in [-0.1, -0.05) is 0 Å². The van der Waals surface area contributed by atoms with Crippen molar-refractivity contribution in [2.75, 3.05) is 28.8 Å². The van der Waals surface area contributed by atoms with Crippen molar-refractivity contribution in [3.8, 4) is 0 Å². The van der Waals surface area contributed by atoms with E-state index in [1.165, 1.54) is 28.8 Å². The Bertz CT molecular complexity index is 58.7. The number of thioether (sulfide) groups is 3. The third-order valence-electron chi connectivity index (χ3n) is 1.02. The number of hydrogen-bond donors (Lipinski definition) is 0. The van der Waals surface area contributed by atoms with Crippen LogP contribution in [-0.4, -0.2) is 28.8 Å². The summed E-state index contributed by atoms with van der Waals surface area (Å²) in [5, 5.41) is 0. The monoisotopic (exact) mass is 308 g/mol. The Hall–Kier alpha value is 2.14. The summed E-state index contributed by atoms with van der Waals surface area (Å²) in [5.41, 5.74) is 0. The zero-order chi connectivity index (χ0) is 9.07. The topological polar surface area (TPSA) is 0 Å². The van der Waals surface area contributed by atoms with Gasteiger partial charge in [-0.05, 0) is 17.3 Å². The van der Waals surface area contributed by atoms with E-state index in [1.807, 2.05) is 23.5 Å². The van der Waals surface area contributed by atoms with Crippen LogP contribution in [0.1, 0.15) is 0 Å². The van der Waals surface area contributed by atoms with E-state index >= 15 is 0 Å². The van der Waals surface area contributed by atoms with Crippen molar-refractivity contribution in [2.24, 2.45) is 0 Å². The first-order chi connectivity index (χ1) is 5.91. The molecule has 1 aliphatic heterocycles. The first-order valence-corrected chi connectivity index (χ1v) is 9.56. The van der Waals surface area contributed by atoms with Crippen LogP contribution >= 0.6 is 55.6 Å². The minimum absolute atomic E-state index is 0.382. The van der Waals surface area contributed by atoms with Gasteiger partial charge in [-0.15, -0.1) is 5.75 Å². The molecule has 0 amide bonds. The summed E-state index contributed by atoms with van der Waals surface area (Å²) in [6.07, 6.45) is 0. The molecule has 6 heteroatoms. The van der Waals surface area contributed by atoms with E-state index in [4.69, 9.17) is 20.3 Å². The first kappa shape index (κ1) is 14.1. The number of halogens is 2. The maximum absolute atomic E-state index is 4.73. The van der Waals surface area contributed by atoms with Gasteiger partial charge >= 0.3 is 33.2 Å². The molecule has 1 fully saturated rings. The van der Waals surface area contributed by atoms with E-state index < -0.39 is 0 Å². The molecule has 0 atom stereocenters. The quantitative estimate of drug-likeness (QED) is 0.626. The maximum atomic E-state index is 4.73. The van der Waals surface area contributed by atoms with Crippen molar-refractivity contribution in [3.05, 3.63) is 5.75 Å². The first-order valence-electron chi connectivity index (χ1n) is 3.34. The Morgan fingerprint density at radius 3 is 2.33 bits per heavy atom. The summed E-state index contributed by atoms with van der Waals surface area (Å²) in [7, 11) is 9.47.